The fourth-order valence-electron chi connectivity index (χ4n) is 4.98. The lowest BCUT2D eigenvalue weighted by Crippen LogP contribution is -2.03. The monoisotopic (exact) mass is 586 g/mol. The van der Waals surface area contributed by atoms with E-state index < -0.39 is 0 Å². The molecule has 0 saturated heterocycles. The van der Waals surface area contributed by atoms with E-state index in [1.165, 1.54) is 0 Å². The highest BCUT2D eigenvalue weighted by atomic mass is 16.7. The van der Waals surface area contributed by atoms with Gasteiger partial charge in [0.1, 0.15) is 18.1 Å². The summed E-state index contributed by atoms with van der Waals surface area (Å²) in [7, 11) is 1.63. The lowest BCUT2D eigenvalue weighted by atomic mass is 9.93. The van der Waals surface area contributed by atoms with Gasteiger partial charge in [-0.3, -0.25) is 0 Å². The Hall–Kier alpha value is -5.97. The molecule has 11 nitrogen and oxygen atoms in total. The molecule has 0 bridgehead atoms. The predicted molar refractivity (Wildman–Crippen MR) is 163 cm³/mol. The summed E-state index contributed by atoms with van der Waals surface area (Å²) < 4.78 is 28.8. The van der Waals surface area contributed by atoms with Crippen molar-refractivity contribution in [2.24, 2.45) is 0 Å². The largest absolute Gasteiger partial charge is 0.497 e. The molecule has 11 heteroatoms. The molecule has 0 spiro atoms. The van der Waals surface area contributed by atoms with E-state index in [2.05, 4.69) is 25.6 Å². The van der Waals surface area contributed by atoms with Crippen LogP contribution in [0, 0.1) is 6.92 Å². The Morgan fingerprint density at radius 2 is 1.73 bits per heavy atom. The van der Waals surface area contributed by atoms with Crippen molar-refractivity contribution in [2.45, 2.75) is 6.92 Å². The van der Waals surface area contributed by atoms with Gasteiger partial charge in [-0.15, -0.1) is 10.2 Å². The third-order valence-corrected chi connectivity index (χ3v) is 7.08. The summed E-state index contributed by atoms with van der Waals surface area (Å²) in [5.74, 6) is 3.67. The van der Waals surface area contributed by atoms with Gasteiger partial charge in [-0.25, -0.2) is 9.97 Å². The molecule has 0 amide bonds. The minimum absolute atomic E-state index is 0.160. The smallest absolute Gasteiger partial charge is 0.231 e. The zero-order valence-corrected chi connectivity index (χ0v) is 23.9. The summed E-state index contributed by atoms with van der Waals surface area (Å²) in [6, 6.07) is 24.8. The normalized spacial score (nSPS) is 12.1. The van der Waals surface area contributed by atoms with Crippen LogP contribution in [0.5, 0.6) is 34.8 Å². The number of aryl methyl sites for hydroxylation is 1. The van der Waals surface area contributed by atoms with Gasteiger partial charge in [0.15, 0.2) is 11.5 Å². The quantitative estimate of drug-likeness (QED) is 0.203. The Morgan fingerprint density at radius 3 is 2.57 bits per heavy atom. The van der Waals surface area contributed by atoms with Crippen LogP contribution >= 0.6 is 0 Å². The summed E-state index contributed by atoms with van der Waals surface area (Å²) in [4.78, 5) is 9.46. The molecule has 0 aliphatic carbocycles. The number of nitrogens with zero attached hydrogens (tertiary/aromatic N) is 5. The average Bonchev–Trinajstić information content (AvgIpc) is 3.76. The number of fused-ring (bicyclic) bond motifs is 2. The second-order valence-electron chi connectivity index (χ2n) is 9.80. The number of aromatic nitrogens is 6. The van der Waals surface area contributed by atoms with Crippen LogP contribution in [-0.4, -0.2) is 51.1 Å². The van der Waals surface area contributed by atoms with Gasteiger partial charge in [0, 0.05) is 34.3 Å². The second kappa shape index (κ2) is 11.7. The summed E-state index contributed by atoms with van der Waals surface area (Å²) in [6.45, 7) is 2.37. The molecule has 0 saturated carbocycles. The molecule has 3 aromatic carbocycles. The van der Waals surface area contributed by atoms with Crippen LogP contribution in [0.25, 0.3) is 39.5 Å². The molecule has 3 aromatic heterocycles. The Labute approximate surface area is 252 Å². The van der Waals surface area contributed by atoms with Crippen molar-refractivity contribution in [1.29, 1.82) is 0 Å². The number of methoxy groups -OCH3 is 1. The van der Waals surface area contributed by atoms with Gasteiger partial charge in [0.25, 0.3) is 0 Å². The van der Waals surface area contributed by atoms with Crippen LogP contribution in [0.4, 0.5) is 0 Å². The lowest BCUT2D eigenvalue weighted by Gasteiger charge is -2.18. The number of ether oxygens (including phenoxy) is 5. The first-order valence-electron chi connectivity index (χ1n) is 13.8. The van der Waals surface area contributed by atoms with Gasteiger partial charge in [-0.05, 0) is 60.2 Å². The minimum atomic E-state index is 0.160. The first-order valence-corrected chi connectivity index (χ1v) is 13.8. The van der Waals surface area contributed by atoms with Crippen molar-refractivity contribution in [3.05, 3.63) is 96.2 Å². The van der Waals surface area contributed by atoms with Crippen LogP contribution in [0.3, 0.4) is 0 Å². The van der Waals surface area contributed by atoms with Crippen molar-refractivity contribution >= 4 is 17.0 Å². The molecular formula is C33H26N6O5. The van der Waals surface area contributed by atoms with Crippen LogP contribution in [0.2, 0.25) is 0 Å². The van der Waals surface area contributed by atoms with Gasteiger partial charge in [0.05, 0.1) is 18.2 Å². The fraction of sp³-hybridized carbons (Fsp3) is 0.121. The molecule has 0 atom stereocenters. The third kappa shape index (κ3) is 5.34. The SMILES string of the molecule is COc1ccc(-c2c(C=CCOc3ccc4ccccc4n3)c(C)nc(Oc3ccc4c(c3)OCO4)c2-c2nn[nH]n2)cc1. The molecule has 7 rings (SSSR count). The molecule has 44 heavy (non-hydrogen) atoms. The first kappa shape index (κ1) is 26.9. The number of rotatable bonds is 9. The molecule has 0 fully saturated rings. The molecule has 1 N–H and O–H groups in total. The number of hydrogen-bond donors (Lipinski definition) is 1. The van der Waals surface area contributed by atoms with Crippen LogP contribution in [0.15, 0.2) is 84.9 Å². The summed E-state index contributed by atoms with van der Waals surface area (Å²) in [5, 5.41) is 16.0. The topological polar surface area (TPSA) is 126 Å². The fourth-order valence-corrected chi connectivity index (χ4v) is 4.98. The van der Waals surface area contributed by atoms with Crippen LogP contribution in [-0.2, 0) is 0 Å². The summed E-state index contributed by atoms with van der Waals surface area (Å²) in [6.07, 6.45) is 3.89. The van der Waals surface area contributed by atoms with E-state index >= 15 is 0 Å². The molecule has 0 radical (unpaired) electrons. The van der Waals surface area contributed by atoms with Crippen molar-refractivity contribution in [2.75, 3.05) is 20.5 Å². The number of aromatic amines is 1. The highest BCUT2D eigenvalue weighted by Gasteiger charge is 2.25. The Kier molecular flexibility index (Phi) is 7.17. The maximum atomic E-state index is 6.37. The Morgan fingerprint density at radius 1 is 0.886 bits per heavy atom. The lowest BCUT2D eigenvalue weighted by molar-refractivity contribution is 0.174. The first-order chi connectivity index (χ1) is 21.7. The van der Waals surface area contributed by atoms with Crippen molar-refractivity contribution < 1.29 is 23.7 Å². The van der Waals surface area contributed by atoms with Crippen molar-refractivity contribution in [1.82, 2.24) is 30.6 Å². The van der Waals surface area contributed by atoms with Gasteiger partial charge in [-0.2, -0.15) is 5.21 Å². The molecule has 218 valence electrons. The number of nitrogens with one attached hydrogen (secondary N) is 1. The van der Waals surface area contributed by atoms with Crippen molar-refractivity contribution in [3.8, 4) is 57.3 Å². The van der Waals surface area contributed by atoms with E-state index in [0.717, 1.165) is 39.0 Å². The number of benzene rings is 3. The maximum absolute atomic E-state index is 6.37. The van der Waals surface area contributed by atoms with E-state index in [-0.39, 0.29) is 6.79 Å². The van der Waals surface area contributed by atoms with Crippen molar-refractivity contribution in [3.63, 3.8) is 0 Å². The van der Waals surface area contributed by atoms with E-state index in [1.807, 2.05) is 79.7 Å². The molecule has 0 unspecified atom stereocenters. The van der Waals surface area contributed by atoms with E-state index in [4.69, 9.17) is 28.7 Å². The zero-order valence-electron chi connectivity index (χ0n) is 23.9. The van der Waals surface area contributed by atoms with Crippen LogP contribution in [0.1, 0.15) is 11.3 Å². The molecule has 1 aliphatic rings. The van der Waals surface area contributed by atoms with Gasteiger partial charge >= 0.3 is 0 Å². The molecule has 4 heterocycles. The standard InChI is InChI=1S/C33H26N6O5/c1-20-25(7-5-17-41-29-16-11-21-6-3-4-8-26(21)35-29)30(22-9-12-23(40-2)13-10-22)31(32-36-38-39-37-32)33(34-20)44-24-14-15-27-28(18-24)43-19-42-27/h3-16,18H,17,19H2,1-2H3,(H,36,37,38,39). The molecular weight excluding hydrogens is 560 g/mol. The molecule has 6 aromatic rings. The minimum Gasteiger partial charge on any atom is -0.497 e. The number of tetrazole rings is 1. The Balaban J connectivity index is 1.29. The molecule has 1 aliphatic heterocycles. The van der Waals surface area contributed by atoms with E-state index in [9.17, 15) is 0 Å². The summed E-state index contributed by atoms with van der Waals surface area (Å²) >= 11 is 0. The second-order valence-corrected chi connectivity index (χ2v) is 9.80. The van der Waals surface area contributed by atoms with Crippen LogP contribution < -0.4 is 23.7 Å². The number of para-hydroxylation sites is 1. The number of hydrogen-bond acceptors (Lipinski definition) is 10. The predicted octanol–water partition coefficient (Wildman–Crippen LogP) is 6.41. The van der Waals surface area contributed by atoms with Gasteiger partial charge in [-0.1, -0.05) is 36.4 Å². The average molecular weight is 587 g/mol. The Bertz CT molecular complexity index is 1980. The maximum Gasteiger partial charge on any atom is 0.231 e. The van der Waals surface area contributed by atoms with E-state index in [1.54, 1.807) is 25.3 Å². The van der Waals surface area contributed by atoms with Gasteiger partial charge in [0.2, 0.25) is 24.4 Å². The number of pyridine rings is 2. The van der Waals surface area contributed by atoms with E-state index in [0.29, 0.717) is 47.0 Å². The summed E-state index contributed by atoms with van der Waals surface area (Å²) in [5.41, 5.74) is 4.67. The third-order valence-electron chi connectivity index (χ3n) is 7.08. The highest BCUT2D eigenvalue weighted by molar-refractivity contribution is 5.91. The van der Waals surface area contributed by atoms with Gasteiger partial charge < -0.3 is 23.7 Å². The zero-order chi connectivity index (χ0) is 29.9. The number of H-pyrrole nitrogens is 1. The highest BCUT2D eigenvalue weighted by Crippen LogP contribution is 2.44.